The number of aromatic nitrogens is 3. The first-order valence-electron chi connectivity index (χ1n) is 7.00. The Bertz CT molecular complexity index is 617. The Kier molecular flexibility index (Phi) is 4.26. The van der Waals surface area contributed by atoms with Crippen molar-refractivity contribution in [2.75, 3.05) is 13.1 Å². The second kappa shape index (κ2) is 6.15. The number of hydrogen-bond donors (Lipinski definition) is 0. The van der Waals surface area contributed by atoms with Gasteiger partial charge in [0.15, 0.2) is 0 Å². The van der Waals surface area contributed by atoms with E-state index < -0.39 is 0 Å². The average Bonchev–Trinajstić information content (AvgIpc) is 3.11. The van der Waals surface area contributed by atoms with E-state index in [0.717, 1.165) is 38.0 Å². The molecule has 1 aliphatic heterocycles. The lowest BCUT2D eigenvalue weighted by molar-refractivity contribution is 0.0686. The van der Waals surface area contributed by atoms with Crippen LogP contribution in [0.4, 0.5) is 0 Å². The molecule has 0 aliphatic carbocycles. The molecule has 2 aromatic rings. The van der Waals surface area contributed by atoms with Gasteiger partial charge in [0.25, 0.3) is 5.91 Å². The molecule has 0 bridgehead atoms. The molecular weight excluding hydrogens is 308 g/mol. The van der Waals surface area contributed by atoms with Crippen molar-refractivity contribution < 1.29 is 4.79 Å². The SMILES string of the molecule is Cc1csc(C(=O)N2CCC(Cn3cncn3)CC2)c1Cl. The third-order valence-corrected chi connectivity index (χ3v) is 5.59. The van der Waals surface area contributed by atoms with Crippen LogP contribution in [0.5, 0.6) is 0 Å². The maximum Gasteiger partial charge on any atom is 0.265 e. The van der Waals surface area contributed by atoms with Crippen LogP contribution in [-0.2, 0) is 6.54 Å². The second-order valence-corrected chi connectivity index (χ2v) is 6.67. The first-order valence-corrected chi connectivity index (χ1v) is 8.26. The fourth-order valence-electron chi connectivity index (χ4n) is 2.63. The van der Waals surface area contributed by atoms with E-state index in [9.17, 15) is 4.79 Å². The van der Waals surface area contributed by atoms with E-state index in [2.05, 4.69) is 10.1 Å². The van der Waals surface area contributed by atoms with Crippen molar-refractivity contribution in [3.8, 4) is 0 Å². The highest BCUT2D eigenvalue weighted by Crippen LogP contribution is 2.29. The minimum atomic E-state index is 0.0669. The van der Waals surface area contributed by atoms with Crippen molar-refractivity contribution in [1.82, 2.24) is 19.7 Å². The fraction of sp³-hybridized carbons (Fsp3) is 0.500. The molecule has 112 valence electrons. The highest BCUT2D eigenvalue weighted by molar-refractivity contribution is 7.13. The largest absolute Gasteiger partial charge is 0.338 e. The number of carbonyl (C=O) groups is 1. The molecule has 0 aromatic carbocycles. The van der Waals surface area contributed by atoms with Gasteiger partial charge in [0, 0.05) is 19.6 Å². The number of thiophene rings is 1. The van der Waals surface area contributed by atoms with E-state index in [-0.39, 0.29) is 5.91 Å². The number of likely N-dealkylation sites (tertiary alicyclic amines) is 1. The number of carbonyl (C=O) groups excluding carboxylic acids is 1. The van der Waals surface area contributed by atoms with Gasteiger partial charge in [-0.05, 0) is 36.6 Å². The molecule has 7 heteroatoms. The molecule has 1 saturated heterocycles. The van der Waals surface area contributed by atoms with Crippen molar-refractivity contribution >= 4 is 28.8 Å². The summed E-state index contributed by atoms with van der Waals surface area (Å²) in [5.41, 5.74) is 0.978. The van der Waals surface area contributed by atoms with Gasteiger partial charge in [0.1, 0.15) is 17.5 Å². The maximum atomic E-state index is 12.5. The lowest BCUT2D eigenvalue weighted by Gasteiger charge is -2.31. The van der Waals surface area contributed by atoms with Gasteiger partial charge in [-0.15, -0.1) is 11.3 Å². The molecule has 3 rings (SSSR count). The van der Waals surface area contributed by atoms with Gasteiger partial charge in [0.05, 0.1) is 5.02 Å². The van der Waals surface area contributed by atoms with Gasteiger partial charge in [-0.1, -0.05) is 11.6 Å². The lowest BCUT2D eigenvalue weighted by Crippen LogP contribution is -2.39. The molecule has 5 nitrogen and oxygen atoms in total. The third kappa shape index (κ3) is 3.11. The molecule has 0 spiro atoms. The van der Waals surface area contributed by atoms with Crippen LogP contribution in [0.3, 0.4) is 0 Å². The van der Waals surface area contributed by atoms with Gasteiger partial charge >= 0.3 is 0 Å². The molecule has 0 N–H and O–H groups in total. The van der Waals surface area contributed by atoms with Crippen LogP contribution < -0.4 is 0 Å². The first kappa shape index (κ1) is 14.5. The first-order chi connectivity index (χ1) is 10.1. The van der Waals surface area contributed by atoms with E-state index >= 15 is 0 Å². The van der Waals surface area contributed by atoms with Crippen LogP contribution in [-0.4, -0.2) is 38.7 Å². The zero-order valence-corrected chi connectivity index (χ0v) is 13.4. The summed E-state index contributed by atoms with van der Waals surface area (Å²) in [6.45, 7) is 4.37. The van der Waals surface area contributed by atoms with Crippen molar-refractivity contribution in [1.29, 1.82) is 0 Å². The third-order valence-electron chi connectivity index (χ3n) is 3.91. The Hall–Kier alpha value is -1.40. The zero-order valence-electron chi connectivity index (χ0n) is 11.8. The van der Waals surface area contributed by atoms with E-state index in [0.29, 0.717) is 15.8 Å². The van der Waals surface area contributed by atoms with Gasteiger partial charge in [0.2, 0.25) is 0 Å². The van der Waals surface area contributed by atoms with Crippen LogP contribution in [0.1, 0.15) is 28.1 Å². The molecule has 0 saturated carbocycles. The Morgan fingerprint density at radius 1 is 1.48 bits per heavy atom. The Labute approximate surface area is 132 Å². The van der Waals surface area contributed by atoms with Crippen LogP contribution >= 0.6 is 22.9 Å². The molecule has 1 amide bonds. The highest BCUT2D eigenvalue weighted by Gasteiger charge is 2.26. The number of halogens is 1. The summed E-state index contributed by atoms with van der Waals surface area (Å²) in [5, 5.41) is 6.68. The minimum Gasteiger partial charge on any atom is -0.338 e. The van der Waals surface area contributed by atoms with E-state index in [1.165, 1.54) is 11.3 Å². The quantitative estimate of drug-likeness (QED) is 0.872. The molecule has 21 heavy (non-hydrogen) atoms. The topological polar surface area (TPSA) is 51.0 Å². The molecular formula is C14H17ClN4OS. The summed E-state index contributed by atoms with van der Waals surface area (Å²) in [6, 6.07) is 0. The molecule has 0 unspecified atom stereocenters. The summed E-state index contributed by atoms with van der Waals surface area (Å²) in [7, 11) is 0. The monoisotopic (exact) mass is 324 g/mol. The van der Waals surface area contributed by atoms with E-state index in [4.69, 9.17) is 11.6 Å². The number of amides is 1. The predicted octanol–water partition coefficient (Wildman–Crippen LogP) is 2.85. The minimum absolute atomic E-state index is 0.0669. The second-order valence-electron chi connectivity index (χ2n) is 5.41. The molecule has 3 heterocycles. The summed E-state index contributed by atoms with van der Waals surface area (Å²) in [6.07, 6.45) is 5.28. The number of nitrogens with zero attached hydrogens (tertiary/aromatic N) is 4. The zero-order chi connectivity index (χ0) is 14.8. The van der Waals surface area contributed by atoms with Crippen molar-refractivity contribution in [2.24, 2.45) is 5.92 Å². The van der Waals surface area contributed by atoms with Crippen LogP contribution in [0.25, 0.3) is 0 Å². The van der Waals surface area contributed by atoms with Gasteiger partial charge in [-0.2, -0.15) is 5.10 Å². The highest BCUT2D eigenvalue weighted by atomic mass is 35.5. The van der Waals surface area contributed by atoms with Gasteiger partial charge in [-0.3, -0.25) is 9.48 Å². The molecule has 1 aliphatic rings. The van der Waals surface area contributed by atoms with Crippen LogP contribution in [0, 0.1) is 12.8 Å². The normalized spacial score (nSPS) is 16.4. The smallest absolute Gasteiger partial charge is 0.265 e. The predicted molar refractivity (Wildman–Crippen MR) is 82.7 cm³/mol. The Balaban J connectivity index is 1.58. The molecule has 2 aromatic heterocycles. The van der Waals surface area contributed by atoms with E-state index in [1.807, 2.05) is 21.9 Å². The van der Waals surface area contributed by atoms with Crippen molar-refractivity contribution in [2.45, 2.75) is 26.3 Å². The maximum absolute atomic E-state index is 12.5. The Morgan fingerprint density at radius 3 is 2.81 bits per heavy atom. The van der Waals surface area contributed by atoms with Crippen LogP contribution in [0.15, 0.2) is 18.0 Å². The average molecular weight is 325 g/mol. The number of piperidine rings is 1. The molecule has 0 radical (unpaired) electrons. The van der Waals surface area contributed by atoms with E-state index in [1.54, 1.807) is 12.7 Å². The lowest BCUT2D eigenvalue weighted by atomic mass is 9.97. The Morgan fingerprint density at radius 2 is 2.24 bits per heavy atom. The summed E-state index contributed by atoms with van der Waals surface area (Å²) in [5.74, 6) is 0.619. The molecule has 0 atom stereocenters. The van der Waals surface area contributed by atoms with Crippen LogP contribution in [0.2, 0.25) is 5.02 Å². The summed E-state index contributed by atoms with van der Waals surface area (Å²) >= 11 is 7.63. The number of rotatable bonds is 3. The van der Waals surface area contributed by atoms with Crippen molar-refractivity contribution in [3.63, 3.8) is 0 Å². The van der Waals surface area contributed by atoms with Gasteiger partial charge < -0.3 is 4.90 Å². The van der Waals surface area contributed by atoms with Gasteiger partial charge in [-0.25, -0.2) is 4.98 Å². The summed E-state index contributed by atoms with van der Waals surface area (Å²) < 4.78 is 1.86. The van der Waals surface area contributed by atoms with Crippen molar-refractivity contribution in [3.05, 3.63) is 33.5 Å². The number of hydrogen-bond acceptors (Lipinski definition) is 4. The fourth-order valence-corrected chi connectivity index (χ4v) is 3.87. The standard InChI is InChI=1S/C14H17ClN4OS/c1-10-7-21-13(12(10)15)14(20)18-4-2-11(3-5-18)6-19-9-16-8-17-19/h7-9,11H,2-6H2,1H3. The molecule has 1 fully saturated rings. The summed E-state index contributed by atoms with van der Waals surface area (Å²) in [4.78, 5) is 19.0. The number of aryl methyl sites for hydroxylation is 1.